The third kappa shape index (κ3) is 2.92. The molecule has 0 bridgehead atoms. The van der Waals surface area contributed by atoms with E-state index in [0.29, 0.717) is 5.56 Å². The van der Waals surface area contributed by atoms with E-state index in [1.165, 1.54) is 0 Å². The van der Waals surface area contributed by atoms with Gasteiger partial charge in [0.1, 0.15) is 0 Å². The average molecular weight is 305 g/mol. The number of carboxylic acid groups (broad SMARTS) is 1. The lowest BCUT2D eigenvalue weighted by Crippen LogP contribution is -2.26. The number of anilines is 1. The van der Waals surface area contributed by atoms with Gasteiger partial charge in [0.05, 0.1) is 5.56 Å². The Morgan fingerprint density at radius 3 is 2.00 bits per heavy atom. The van der Waals surface area contributed by atoms with Gasteiger partial charge in [-0.3, -0.25) is 4.79 Å². The van der Waals surface area contributed by atoms with E-state index in [0.717, 1.165) is 16.5 Å². The molecular formula is C19H15NO3. The number of para-hydroxylation sites is 1. The number of benzene rings is 3. The molecule has 0 saturated heterocycles. The van der Waals surface area contributed by atoms with Gasteiger partial charge >= 0.3 is 5.97 Å². The summed E-state index contributed by atoms with van der Waals surface area (Å²) in [5.41, 5.74) is 1.61. The fourth-order valence-electron chi connectivity index (χ4n) is 2.47. The molecule has 0 radical (unpaired) electrons. The molecule has 0 aliphatic rings. The lowest BCUT2D eigenvalue weighted by molar-refractivity contribution is 0.0697. The Labute approximate surface area is 133 Å². The van der Waals surface area contributed by atoms with E-state index in [-0.39, 0.29) is 11.5 Å². The van der Waals surface area contributed by atoms with Gasteiger partial charge in [0.2, 0.25) is 0 Å². The first kappa shape index (κ1) is 14.8. The summed E-state index contributed by atoms with van der Waals surface area (Å²) in [7, 11) is 1.73. The van der Waals surface area contributed by atoms with Crippen LogP contribution in [0.25, 0.3) is 10.8 Å². The third-order valence-corrected chi connectivity index (χ3v) is 3.78. The first-order valence-electron chi connectivity index (χ1n) is 7.16. The van der Waals surface area contributed by atoms with Gasteiger partial charge in [-0.2, -0.15) is 0 Å². The molecule has 23 heavy (non-hydrogen) atoms. The standard InChI is InChI=1S/C19H15NO3/c1-20(17-5-3-2-4-6-17)18(21)15-9-7-14-12-16(19(22)23)10-8-13(14)11-15/h2-12H,1H3,(H,22,23). The van der Waals surface area contributed by atoms with Crippen molar-refractivity contribution in [3.63, 3.8) is 0 Å². The highest BCUT2D eigenvalue weighted by Crippen LogP contribution is 2.21. The zero-order valence-corrected chi connectivity index (χ0v) is 12.6. The maximum Gasteiger partial charge on any atom is 0.335 e. The summed E-state index contributed by atoms with van der Waals surface area (Å²) in [6, 6.07) is 19.5. The lowest BCUT2D eigenvalue weighted by atomic mass is 10.0. The van der Waals surface area contributed by atoms with Crippen molar-refractivity contribution in [3.8, 4) is 0 Å². The van der Waals surface area contributed by atoms with Crippen molar-refractivity contribution in [2.75, 3.05) is 11.9 Å². The summed E-state index contributed by atoms with van der Waals surface area (Å²) in [5.74, 6) is -1.07. The van der Waals surface area contributed by atoms with Gasteiger partial charge in [0.25, 0.3) is 5.91 Å². The topological polar surface area (TPSA) is 57.6 Å². The number of carbonyl (C=O) groups is 2. The quantitative estimate of drug-likeness (QED) is 0.800. The van der Waals surface area contributed by atoms with Crippen LogP contribution in [0.4, 0.5) is 5.69 Å². The van der Waals surface area contributed by atoms with Crippen molar-refractivity contribution in [1.29, 1.82) is 0 Å². The Kier molecular flexibility index (Phi) is 3.81. The van der Waals surface area contributed by atoms with E-state index < -0.39 is 5.97 Å². The lowest BCUT2D eigenvalue weighted by Gasteiger charge is -2.17. The highest BCUT2D eigenvalue weighted by Gasteiger charge is 2.14. The molecule has 1 N–H and O–H groups in total. The molecule has 0 fully saturated rings. The van der Waals surface area contributed by atoms with Crippen LogP contribution in [0.3, 0.4) is 0 Å². The van der Waals surface area contributed by atoms with Crippen LogP contribution in [0.15, 0.2) is 66.7 Å². The van der Waals surface area contributed by atoms with Gasteiger partial charge in [0.15, 0.2) is 0 Å². The van der Waals surface area contributed by atoms with Crippen LogP contribution in [0.5, 0.6) is 0 Å². The largest absolute Gasteiger partial charge is 0.478 e. The van der Waals surface area contributed by atoms with Gasteiger partial charge in [-0.15, -0.1) is 0 Å². The maximum absolute atomic E-state index is 12.6. The maximum atomic E-state index is 12.6. The molecule has 0 heterocycles. The second-order valence-electron chi connectivity index (χ2n) is 5.28. The van der Waals surface area contributed by atoms with Crippen molar-refractivity contribution in [2.24, 2.45) is 0 Å². The van der Waals surface area contributed by atoms with E-state index in [1.54, 1.807) is 48.3 Å². The molecule has 4 heteroatoms. The molecule has 0 spiro atoms. The van der Waals surface area contributed by atoms with E-state index in [2.05, 4.69) is 0 Å². The van der Waals surface area contributed by atoms with Gasteiger partial charge < -0.3 is 10.0 Å². The molecule has 4 nitrogen and oxygen atoms in total. The van der Waals surface area contributed by atoms with E-state index in [9.17, 15) is 9.59 Å². The first-order valence-corrected chi connectivity index (χ1v) is 7.16. The monoisotopic (exact) mass is 305 g/mol. The molecule has 0 aromatic heterocycles. The van der Waals surface area contributed by atoms with Gasteiger partial charge in [0, 0.05) is 18.3 Å². The van der Waals surface area contributed by atoms with Crippen LogP contribution in [0.2, 0.25) is 0 Å². The minimum Gasteiger partial charge on any atom is -0.478 e. The fourth-order valence-corrected chi connectivity index (χ4v) is 2.47. The second kappa shape index (κ2) is 5.93. The van der Waals surface area contributed by atoms with Crippen molar-refractivity contribution in [1.82, 2.24) is 0 Å². The predicted octanol–water partition coefficient (Wildman–Crippen LogP) is 3.81. The van der Waals surface area contributed by atoms with Crippen molar-refractivity contribution in [3.05, 3.63) is 77.9 Å². The van der Waals surface area contributed by atoms with Gasteiger partial charge in [-0.1, -0.05) is 30.3 Å². The number of carbonyl (C=O) groups excluding carboxylic acids is 1. The Morgan fingerprint density at radius 1 is 0.826 bits per heavy atom. The summed E-state index contributed by atoms with van der Waals surface area (Å²) >= 11 is 0. The highest BCUT2D eigenvalue weighted by molar-refractivity contribution is 6.08. The number of carboxylic acids is 1. The summed E-state index contributed by atoms with van der Waals surface area (Å²) < 4.78 is 0. The fraction of sp³-hybridized carbons (Fsp3) is 0.0526. The molecule has 0 atom stereocenters. The number of hydrogen-bond donors (Lipinski definition) is 1. The summed E-state index contributed by atoms with van der Waals surface area (Å²) in [4.78, 5) is 25.2. The SMILES string of the molecule is CN(C(=O)c1ccc2cc(C(=O)O)ccc2c1)c1ccccc1. The van der Waals surface area contributed by atoms with Gasteiger partial charge in [-0.05, 0) is 47.2 Å². The van der Waals surface area contributed by atoms with Crippen LogP contribution in [-0.2, 0) is 0 Å². The number of aromatic carboxylic acids is 1. The Hall–Kier alpha value is -3.14. The third-order valence-electron chi connectivity index (χ3n) is 3.78. The summed E-state index contributed by atoms with van der Waals surface area (Å²) in [6.45, 7) is 0. The molecule has 0 saturated carbocycles. The number of rotatable bonds is 3. The minimum absolute atomic E-state index is 0.111. The summed E-state index contributed by atoms with van der Waals surface area (Å²) in [5, 5.41) is 10.7. The molecular weight excluding hydrogens is 290 g/mol. The van der Waals surface area contributed by atoms with E-state index >= 15 is 0 Å². The molecule has 3 aromatic carbocycles. The molecule has 0 aliphatic heterocycles. The second-order valence-corrected chi connectivity index (χ2v) is 5.28. The minimum atomic E-state index is -0.962. The van der Waals surface area contributed by atoms with Gasteiger partial charge in [-0.25, -0.2) is 4.79 Å². The van der Waals surface area contributed by atoms with E-state index in [1.807, 2.05) is 30.3 Å². The van der Waals surface area contributed by atoms with Crippen molar-refractivity contribution >= 4 is 28.3 Å². The van der Waals surface area contributed by atoms with Crippen molar-refractivity contribution in [2.45, 2.75) is 0 Å². The molecule has 0 aliphatic carbocycles. The number of nitrogens with zero attached hydrogens (tertiary/aromatic N) is 1. The van der Waals surface area contributed by atoms with Crippen LogP contribution >= 0.6 is 0 Å². The molecule has 1 amide bonds. The van der Waals surface area contributed by atoms with Crippen LogP contribution in [0.1, 0.15) is 20.7 Å². The van der Waals surface area contributed by atoms with Crippen molar-refractivity contribution < 1.29 is 14.7 Å². The molecule has 3 rings (SSSR count). The Morgan fingerprint density at radius 2 is 1.39 bits per heavy atom. The highest BCUT2D eigenvalue weighted by atomic mass is 16.4. The number of hydrogen-bond acceptors (Lipinski definition) is 2. The number of amides is 1. The van der Waals surface area contributed by atoms with Crippen LogP contribution in [0, 0.1) is 0 Å². The zero-order chi connectivity index (χ0) is 16.4. The first-order chi connectivity index (χ1) is 11.1. The van der Waals surface area contributed by atoms with Crippen LogP contribution < -0.4 is 4.90 Å². The zero-order valence-electron chi connectivity index (χ0n) is 12.6. The normalized spacial score (nSPS) is 10.5. The predicted molar refractivity (Wildman–Crippen MR) is 90.1 cm³/mol. The Balaban J connectivity index is 1.95. The molecule has 3 aromatic rings. The smallest absolute Gasteiger partial charge is 0.335 e. The number of fused-ring (bicyclic) bond motifs is 1. The molecule has 114 valence electrons. The average Bonchev–Trinajstić information content (AvgIpc) is 2.60. The van der Waals surface area contributed by atoms with E-state index in [4.69, 9.17) is 5.11 Å². The molecule has 0 unspecified atom stereocenters. The summed E-state index contributed by atoms with van der Waals surface area (Å²) in [6.07, 6.45) is 0. The van der Waals surface area contributed by atoms with Crippen LogP contribution in [-0.4, -0.2) is 24.0 Å². The Bertz CT molecular complexity index is 888.